The topological polar surface area (TPSA) is 34.1 Å². The zero-order valence-corrected chi connectivity index (χ0v) is 11.9. The number of thiophene rings is 1. The van der Waals surface area contributed by atoms with Crippen LogP contribution in [-0.4, -0.2) is 11.0 Å². The highest BCUT2D eigenvalue weighted by molar-refractivity contribution is 7.12. The molecule has 0 aromatic carbocycles. The fraction of sp³-hybridized carbons (Fsp3) is 0.400. The van der Waals surface area contributed by atoms with Crippen LogP contribution in [0.1, 0.15) is 28.2 Å². The van der Waals surface area contributed by atoms with Crippen molar-refractivity contribution >= 4 is 11.3 Å². The molecule has 0 unspecified atom stereocenters. The highest BCUT2D eigenvalue weighted by Gasteiger charge is 2.20. The summed E-state index contributed by atoms with van der Waals surface area (Å²) in [5.41, 5.74) is 1.28. The Labute approximate surface area is 117 Å². The van der Waals surface area contributed by atoms with Gasteiger partial charge >= 0.3 is 0 Å². The first-order chi connectivity index (χ1) is 9.31. The molecular formula is C15H18N2OS. The van der Waals surface area contributed by atoms with Gasteiger partial charge in [-0.05, 0) is 38.0 Å². The van der Waals surface area contributed by atoms with Crippen molar-refractivity contribution in [3.8, 4) is 5.75 Å². The van der Waals surface area contributed by atoms with E-state index in [1.165, 1.54) is 28.2 Å². The molecule has 0 radical (unpaired) electrons. The van der Waals surface area contributed by atoms with E-state index >= 15 is 0 Å². The lowest BCUT2D eigenvalue weighted by atomic mass is 10.2. The van der Waals surface area contributed by atoms with E-state index in [1.807, 2.05) is 23.5 Å². The third-order valence-electron chi connectivity index (χ3n) is 3.24. The monoisotopic (exact) mass is 274 g/mol. The predicted octanol–water partition coefficient (Wildman–Crippen LogP) is 3.28. The molecular weight excluding hydrogens is 256 g/mol. The van der Waals surface area contributed by atoms with E-state index in [-0.39, 0.29) is 0 Å². The van der Waals surface area contributed by atoms with Crippen LogP contribution in [0.3, 0.4) is 0 Å². The average molecular weight is 274 g/mol. The lowest BCUT2D eigenvalue weighted by Crippen LogP contribution is -2.14. The number of nitrogens with one attached hydrogen (secondary N) is 1. The first kappa shape index (κ1) is 12.6. The van der Waals surface area contributed by atoms with Crippen LogP contribution in [0.15, 0.2) is 30.6 Å². The molecule has 0 spiro atoms. The number of aromatic nitrogens is 1. The molecule has 2 aromatic heterocycles. The van der Waals surface area contributed by atoms with Gasteiger partial charge in [0.05, 0.1) is 6.20 Å². The third kappa shape index (κ3) is 3.55. The molecule has 3 nitrogen and oxygen atoms in total. The Bertz CT molecular complexity index is 534. The Morgan fingerprint density at radius 2 is 2.37 bits per heavy atom. The van der Waals surface area contributed by atoms with Crippen LogP contribution in [0.2, 0.25) is 0 Å². The summed E-state index contributed by atoms with van der Waals surface area (Å²) in [5.74, 6) is 0.825. The van der Waals surface area contributed by atoms with Crippen LogP contribution < -0.4 is 10.1 Å². The van der Waals surface area contributed by atoms with Crippen molar-refractivity contribution in [3.63, 3.8) is 0 Å². The van der Waals surface area contributed by atoms with Gasteiger partial charge in [-0.1, -0.05) is 0 Å². The molecule has 2 heterocycles. The Hall–Kier alpha value is -1.39. The largest absolute Gasteiger partial charge is 0.487 e. The van der Waals surface area contributed by atoms with Crippen LogP contribution >= 0.6 is 11.3 Å². The smallest absolute Gasteiger partial charge is 0.138 e. The normalized spacial score (nSPS) is 14.6. The first-order valence-corrected chi connectivity index (χ1v) is 7.47. The number of hydrogen-bond acceptors (Lipinski definition) is 4. The van der Waals surface area contributed by atoms with Gasteiger partial charge in [0.1, 0.15) is 12.4 Å². The second kappa shape index (κ2) is 5.72. The Kier molecular flexibility index (Phi) is 3.80. The average Bonchev–Trinajstić information content (AvgIpc) is 3.19. The zero-order valence-electron chi connectivity index (χ0n) is 11.1. The molecule has 1 aliphatic rings. The maximum atomic E-state index is 5.75. The summed E-state index contributed by atoms with van der Waals surface area (Å²) in [6.45, 7) is 3.77. The van der Waals surface area contributed by atoms with E-state index in [0.717, 1.165) is 18.3 Å². The van der Waals surface area contributed by atoms with Gasteiger partial charge in [0.25, 0.3) is 0 Å². The van der Waals surface area contributed by atoms with E-state index < -0.39 is 0 Å². The number of aryl methyl sites for hydroxylation is 1. The lowest BCUT2D eigenvalue weighted by molar-refractivity contribution is 0.304. The first-order valence-electron chi connectivity index (χ1n) is 6.65. The molecule has 0 aliphatic heterocycles. The fourth-order valence-corrected chi connectivity index (χ4v) is 2.94. The van der Waals surface area contributed by atoms with Crippen LogP contribution in [0.4, 0.5) is 0 Å². The number of rotatable bonds is 6. The molecule has 0 amide bonds. The van der Waals surface area contributed by atoms with Gasteiger partial charge in [-0.25, -0.2) is 0 Å². The molecule has 0 saturated heterocycles. The molecule has 2 aromatic rings. The molecule has 1 saturated carbocycles. The minimum atomic E-state index is 0.622. The van der Waals surface area contributed by atoms with Gasteiger partial charge in [-0.15, -0.1) is 11.3 Å². The summed E-state index contributed by atoms with van der Waals surface area (Å²) >= 11 is 1.86. The molecule has 100 valence electrons. The quantitative estimate of drug-likeness (QED) is 0.877. The molecule has 0 bridgehead atoms. The van der Waals surface area contributed by atoms with E-state index in [2.05, 4.69) is 23.3 Å². The van der Waals surface area contributed by atoms with Crippen molar-refractivity contribution in [2.24, 2.45) is 0 Å². The second-order valence-electron chi connectivity index (χ2n) is 4.93. The number of hydrogen-bond donors (Lipinski definition) is 1. The summed E-state index contributed by atoms with van der Waals surface area (Å²) < 4.78 is 5.75. The van der Waals surface area contributed by atoms with Crippen LogP contribution in [0, 0.1) is 6.92 Å². The highest BCUT2D eigenvalue weighted by atomic mass is 32.1. The van der Waals surface area contributed by atoms with E-state index in [4.69, 9.17) is 4.74 Å². The van der Waals surface area contributed by atoms with Gasteiger partial charge < -0.3 is 10.1 Å². The SMILES string of the molecule is Cc1sc(CNC2CC2)cc1COc1cccnc1. The molecule has 1 N–H and O–H groups in total. The number of ether oxygens (including phenoxy) is 1. The van der Waals surface area contributed by atoms with Crippen molar-refractivity contribution in [2.75, 3.05) is 0 Å². The zero-order chi connectivity index (χ0) is 13.1. The van der Waals surface area contributed by atoms with Gasteiger partial charge in [0, 0.05) is 34.1 Å². The molecule has 1 fully saturated rings. The van der Waals surface area contributed by atoms with Crippen molar-refractivity contribution < 1.29 is 4.74 Å². The van der Waals surface area contributed by atoms with Crippen molar-refractivity contribution in [1.82, 2.24) is 10.3 Å². The van der Waals surface area contributed by atoms with Crippen molar-refractivity contribution in [3.05, 3.63) is 45.9 Å². The third-order valence-corrected chi connectivity index (χ3v) is 4.34. The predicted molar refractivity (Wildman–Crippen MR) is 77.5 cm³/mol. The highest BCUT2D eigenvalue weighted by Crippen LogP contribution is 2.25. The minimum absolute atomic E-state index is 0.622. The van der Waals surface area contributed by atoms with Gasteiger partial charge in [-0.3, -0.25) is 4.98 Å². The van der Waals surface area contributed by atoms with E-state index in [9.17, 15) is 0 Å². The van der Waals surface area contributed by atoms with Crippen molar-refractivity contribution in [1.29, 1.82) is 0 Å². The van der Waals surface area contributed by atoms with Gasteiger partial charge in [-0.2, -0.15) is 0 Å². The van der Waals surface area contributed by atoms with Crippen LogP contribution in [-0.2, 0) is 13.2 Å². The fourth-order valence-electron chi connectivity index (χ4n) is 1.94. The number of nitrogens with zero attached hydrogens (tertiary/aromatic N) is 1. The lowest BCUT2D eigenvalue weighted by Gasteiger charge is -2.04. The molecule has 4 heteroatoms. The molecule has 0 atom stereocenters. The van der Waals surface area contributed by atoms with Crippen molar-refractivity contribution in [2.45, 2.75) is 39.0 Å². The molecule has 1 aliphatic carbocycles. The van der Waals surface area contributed by atoms with Crippen LogP contribution in [0.25, 0.3) is 0 Å². The summed E-state index contributed by atoms with van der Waals surface area (Å²) in [5, 5.41) is 3.55. The maximum Gasteiger partial charge on any atom is 0.138 e. The number of pyridine rings is 1. The van der Waals surface area contributed by atoms with E-state index in [0.29, 0.717) is 6.61 Å². The van der Waals surface area contributed by atoms with E-state index in [1.54, 1.807) is 12.4 Å². The van der Waals surface area contributed by atoms with Gasteiger partial charge in [0.15, 0.2) is 0 Å². The second-order valence-corrected chi connectivity index (χ2v) is 6.27. The van der Waals surface area contributed by atoms with Crippen LogP contribution in [0.5, 0.6) is 5.75 Å². The van der Waals surface area contributed by atoms with Gasteiger partial charge in [0.2, 0.25) is 0 Å². The standard InChI is InChI=1S/C15H18N2OS/c1-11-12(10-18-14-3-2-6-16-8-14)7-15(19-11)9-17-13-4-5-13/h2-3,6-8,13,17H,4-5,9-10H2,1H3. The molecule has 19 heavy (non-hydrogen) atoms. The maximum absolute atomic E-state index is 5.75. The molecule has 3 rings (SSSR count). The summed E-state index contributed by atoms with van der Waals surface area (Å²) in [6.07, 6.45) is 6.17. The minimum Gasteiger partial charge on any atom is -0.487 e. The summed E-state index contributed by atoms with van der Waals surface area (Å²) in [4.78, 5) is 6.79. The Morgan fingerprint density at radius 3 is 3.11 bits per heavy atom. The Morgan fingerprint density at radius 1 is 1.47 bits per heavy atom. The summed E-state index contributed by atoms with van der Waals surface area (Å²) in [7, 11) is 0. The summed E-state index contributed by atoms with van der Waals surface area (Å²) in [6, 6.07) is 6.84. The Balaban J connectivity index is 1.57.